The van der Waals surface area contributed by atoms with Crippen LogP contribution >= 0.6 is 0 Å². The molecule has 0 spiro atoms. The Morgan fingerprint density at radius 2 is 1.72 bits per heavy atom. The fourth-order valence-electron chi connectivity index (χ4n) is 1.85. The highest BCUT2D eigenvalue weighted by atomic mass is 14.6. The number of hydrogen-bond acceptors (Lipinski definition) is 2. The molecule has 0 unspecified atom stereocenters. The van der Waals surface area contributed by atoms with Gasteiger partial charge in [-0.1, -0.05) is 24.3 Å². The van der Waals surface area contributed by atoms with Crippen molar-refractivity contribution in [1.29, 1.82) is 0 Å². The predicted molar refractivity (Wildman–Crippen MR) is 74.9 cm³/mol. The van der Waals surface area contributed by atoms with E-state index in [1.165, 1.54) is 0 Å². The fourth-order valence-corrected chi connectivity index (χ4v) is 1.85. The van der Waals surface area contributed by atoms with Crippen molar-refractivity contribution >= 4 is 23.1 Å². The lowest BCUT2D eigenvalue weighted by molar-refractivity contribution is 1.30. The summed E-state index contributed by atoms with van der Waals surface area (Å²) >= 11 is 0. The lowest BCUT2D eigenvalue weighted by Gasteiger charge is -1.98. The smallest absolute Gasteiger partial charge is 0.0702 e. The van der Waals surface area contributed by atoms with E-state index in [1.54, 1.807) is 6.20 Å². The van der Waals surface area contributed by atoms with Crippen LogP contribution in [-0.4, -0.2) is 9.97 Å². The molecule has 0 amide bonds. The molecule has 1 aromatic carbocycles. The molecule has 86 valence electrons. The summed E-state index contributed by atoms with van der Waals surface area (Å²) in [5.41, 5.74) is 3.14. The van der Waals surface area contributed by atoms with Gasteiger partial charge in [-0.15, -0.1) is 0 Å². The highest BCUT2D eigenvalue weighted by molar-refractivity contribution is 5.82. The van der Waals surface area contributed by atoms with Gasteiger partial charge in [-0.3, -0.25) is 9.97 Å². The Bertz CT molecular complexity index is 688. The lowest BCUT2D eigenvalue weighted by Crippen LogP contribution is -1.79. The molecule has 0 aliphatic carbocycles. The van der Waals surface area contributed by atoms with Gasteiger partial charge in [-0.2, -0.15) is 0 Å². The number of benzene rings is 1. The fraction of sp³-hybridized carbons (Fsp3) is 0. The zero-order chi connectivity index (χ0) is 12.2. The first kappa shape index (κ1) is 10.7. The molecule has 18 heavy (non-hydrogen) atoms. The maximum atomic E-state index is 4.30. The molecule has 2 heterocycles. The van der Waals surface area contributed by atoms with Gasteiger partial charge in [-0.05, 0) is 42.0 Å². The van der Waals surface area contributed by atoms with Crippen molar-refractivity contribution in [2.45, 2.75) is 0 Å². The van der Waals surface area contributed by atoms with Crippen LogP contribution in [0.1, 0.15) is 11.3 Å². The molecule has 0 fully saturated rings. The number of aromatic nitrogens is 2. The normalized spacial score (nSPS) is 11.1. The molecule has 2 nitrogen and oxygen atoms in total. The van der Waals surface area contributed by atoms with Gasteiger partial charge in [0, 0.05) is 17.8 Å². The summed E-state index contributed by atoms with van der Waals surface area (Å²) in [6.07, 6.45) is 7.68. The van der Waals surface area contributed by atoms with Gasteiger partial charge in [0.15, 0.2) is 0 Å². The summed E-state index contributed by atoms with van der Waals surface area (Å²) in [6.45, 7) is 0. The number of pyridine rings is 2. The Hall–Kier alpha value is -2.48. The molecule has 2 aromatic heterocycles. The van der Waals surface area contributed by atoms with Crippen LogP contribution in [0.5, 0.6) is 0 Å². The third-order valence-electron chi connectivity index (χ3n) is 2.76. The average Bonchev–Trinajstić information content (AvgIpc) is 2.46. The first-order chi connectivity index (χ1) is 8.92. The third kappa shape index (κ3) is 2.28. The molecule has 3 aromatic rings. The first-order valence-corrected chi connectivity index (χ1v) is 5.86. The van der Waals surface area contributed by atoms with E-state index >= 15 is 0 Å². The standard InChI is InChI=1S/C16H12N2/c1-2-10-17-15(5-1)8-6-13-7-9-16-14(12-13)4-3-11-18-16/h1-12H/b8-6+. The van der Waals surface area contributed by atoms with Crippen molar-refractivity contribution in [2.75, 3.05) is 0 Å². The molecule has 0 saturated carbocycles. The summed E-state index contributed by atoms with van der Waals surface area (Å²) in [4.78, 5) is 8.56. The minimum Gasteiger partial charge on any atom is -0.257 e. The van der Waals surface area contributed by atoms with Crippen LogP contribution in [-0.2, 0) is 0 Å². The summed E-state index contributed by atoms with van der Waals surface area (Å²) in [6, 6.07) is 16.1. The Morgan fingerprint density at radius 3 is 2.61 bits per heavy atom. The van der Waals surface area contributed by atoms with Crippen molar-refractivity contribution in [3.05, 3.63) is 72.2 Å². The third-order valence-corrected chi connectivity index (χ3v) is 2.76. The molecular weight excluding hydrogens is 220 g/mol. The summed E-state index contributed by atoms with van der Waals surface area (Å²) in [5, 5.41) is 1.15. The summed E-state index contributed by atoms with van der Waals surface area (Å²) < 4.78 is 0. The molecule has 0 bridgehead atoms. The van der Waals surface area contributed by atoms with Gasteiger partial charge >= 0.3 is 0 Å². The van der Waals surface area contributed by atoms with E-state index in [2.05, 4.69) is 34.2 Å². The Balaban J connectivity index is 1.93. The highest BCUT2D eigenvalue weighted by Gasteiger charge is 1.94. The van der Waals surface area contributed by atoms with E-state index in [4.69, 9.17) is 0 Å². The summed E-state index contributed by atoms with van der Waals surface area (Å²) in [7, 11) is 0. The van der Waals surface area contributed by atoms with Gasteiger partial charge < -0.3 is 0 Å². The number of rotatable bonds is 2. The molecular formula is C16H12N2. The maximum Gasteiger partial charge on any atom is 0.0702 e. The largest absolute Gasteiger partial charge is 0.257 e. The average molecular weight is 232 g/mol. The van der Waals surface area contributed by atoms with Gasteiger partial charge in [0.05, 0.1) is 11.2 Å². The monoisotopic (exact) mass is 232 g/mol. The Kier molecular flexibility index (Phi) is 2.84. The van der Waals surface area contributed by atoms with Crippen molar-refractivity contribution in [3.8, 4) is 0 Å². The zero-order valence-corrected chi connectivity index (χ0v) is 9.82. The Labute approximate surface area is 106 Å². The molecule has 2 heteroatoms. The van der Waals surface area contributed by atoms with E-state index in [9.17, 15) is 0 Å². The molecule has 0 aliphatic rings. The van der Waals surface area contributed by atoms with Crippen LogP contribution < -0.4 is 0 Å². The van der Waals surface area contributed by atoms with E-state index in [1.807, 2.05) is 42.6 Å². The van der Waals surface area contributed by atoms with Crippen molar-refractivity contribution in [2.24, 2.45) is 0 Å². The molecule has 0 saturated heterocycles. The molecule has 0 radical (unpaired) electrons. The molecule has 3 rings (SSSR count). The van der Waals surface area contributed by atoms with Gasteiger partial charge in [0.1, 0.15) is 0 Å². The van der Waals surface area contributed by atoms with Gasteiger partial charge in [-0.25, -0.2) is 0 Å². The first-order valence-electron chi connectivity index (χ1n) is 5.86. The SMILES string of the molecule is C(=C\c1ccccn1)/c1ccc2ncccc2c1. The topological polar surface area (TPSA) is 25.8 Å². The minimum atomic E-state index is 0.962. The van der Waals surface area contributed by atoms with Gasteiger partial charge in [0.2, 0.25) is 0 Å². The van der Waals surface area contributed by atoms with Crippen LogP contribution in [0.15, 0.2) is 60.9 Å². The molecule has 0 N–H and O–H groups in total. The minimum absolute atomic E-state index is 0.962. The Morgan fingerprint density at radius 1 is 0.778 bits per heavy atom. The summed E-state index contributed by atoms with van der Waals surface area (Å²) in [5.74, 6) is 0. The van der Waals surface area contributed by atoms with Crippen molar-refractivity contribution in [3.63, 3.8) is 0 Å². The highest BCUT2D eigenvalue weighted by Crippen LogP contribution is 2.15. The lowest BCUT2D eigenvalue weighted by atomic mass is 10.1. The van der Waals surface area contributed by atoms with E-state index < -0.39 is 0 Å². The number of hydrogen-bond donors (Lipinski definition) is 0. The second-order valence-electron chi connectivity index (χ2n) is 4.04. The van der Waals surface area contributed by atoms with E-state index in [0.717, 1.165) is 22.2 Å². The number of nitrogens with zero attached hydrogens (tertiary/aromatic N) is 2. The predicted octanol–water partition coefficient (Wildman–Crippen LogP) is 3.80. The van der Waals surface area contributed by atoms with Crippen LogP contribution in [0, 0.1) is 0 Å². The van der Waals surface area contributed by atoms with Crippen LogP contribution in [0.2, 0.25) is 0 Å². The van der Waals surface area contributed by atoms with Crippen molar-refractivity contribution in [1.82, 2.24) is 9.97 Å². The zero-order valence-electron chi connectivity index (χ0n) is 9.82. The van der Waals surface area contributed by atoms with Gasteiger partial charge in [0.25, 0.3) is 0 Å². The second-order valence-corrected chi connectivity index (χ2v) is 4.04. The number of fused-ring (bicyclic) bond motifs is 1. The quantitative estimate of drug-likeness (QED) is 0.671. The second kappa shape index (κ2) is 4.80. The van der Waals surface area contributed by atoms with E-state index in [0.29, 0.717) is 0 Å². The molecule has 0 atom stereocenters. The van der Waals surface area contributed by atoms with E-state index in [-0.39, 0.29) is 0 Å². The maximum absolute atomic E-state index is 4.30. The molecule has 0 aliphatic heterocycles. The van der Waals surface area contributed by atoms with Crippen LogP contribution in [0.25, 0.3) is 23.1 Å². The van der Waals surface area contributed by atoms with Crippen LogP contribution in [0.4, 0.5) is 0 Å². The van der Waals surface area contributed by atoms with Crippen LogP contribution in [0.3, 0.4) is 0 Å². The van der Waals surface area contributed by atoms with Crippen molar-refractivity contribution < 1.29 is 0 Å².